The molecule has 1 aromatic heterocycles. The maximum atomic E-state index is 14.3. The van der Waals surface area contributed by atoms with Gasteiger partial charge in [0.25, 0.3) is 5.89 Å². The lowest BCUT2D eigenvalue weighted by atomic mass is 9.94. The Bertz CT molecular complexity index is 1480. The number of hydrogen-bond acceptors (Lipinski definition) is 5. The standard InChI is InChI=1S/C28H25FN4O3/c1-16-10-12-21(14-17(16)2)33-18(3)24(25(30-28(33)34)19-8-6-5-7-9-19)27-31-26(32-36-27)20-11-13-23(35-4)22(29)15-20/h5-15,25H,1-4H3,(H,30,34). The van der Waals surface area contributed by atoms with E-state index in [1.54, 1.807) is 11.0 Å². The Hall–Kier alpha value is -4.46. The van der Waals surface area contributed by atoms with Gasteiger partial charge in [-0.15, -0.1) is 0 Å². The lowest BCUT2D eigenvalue weighted by Gasteiger charge is -2.35. The fourth-order valence-corrected chi connectivity index (χ4v) is 4.35. The van der Waals surface area contributed by atoms with Crippen molar-refractivity contribution in [1.82, 2.24) is 15.5 Å². The maximum Gasteiger partial charge on any atom is 0.326 e. The first-order valence-corrected chi connectivity index (χ1v) is 11.5. The number of rotatable bonds is 5. The zero-order valence-electron chi connectivity index (χ0n) is 20.4. The predicted octanol–water partition coefficient (Wildman–Crippen LogP) is 6.20. The maximum absolute atomic E-state index is 14.3. The molecule has 2 heterocycles. The monoisotopic (exact) mass is 484 g/mol. The number of benzene rings is 3. The van der Waals surface area contributed by atoms with Gasteiger partial charge in [-0.1, -0.05) is 41.6 Å². The molecule has 8 heteroatoms. The number of amides is 2. The van der Waals surface area contributed by atoms with Crippen LogP contribution in [0.4, 0.5) is 14.9 Å². The third-order valence-corrected chi connectivity index (χ3v) is 6.43. The summed E-state index contributed by atoms with van der Waals surface area (Å²) in [6, 6.07) is 19.2. The minimum Gasteiger partial charge on any atom is -0.494 e. The van der Waals surface area contributed by atoms with Gasteiger partial charge in [0.15, 0.2) is 11.6 Å². The zero-order valence-corrected chi connectivity index (χ0v) is 20.4. The molecule has 0 saturated heterocycles. The Kier molecular flexibility index (Phi) is 6.01. The number of aryl methyl sites for hydroxylation is 2. The molecule has 1 unspecified atom stereocenters. The average molecular weight is 485 g/mol. The summed E-state index contributed by atoms with van der Waals surface area (Å²) in [5.74, 6) is 0.0728. The van der Waals surface area contributed by atoms with Gasteiger partial charge in [-0.2, -0.15) is 4.98 Å². The molecule has 36 heavy (non-hydrogen) atoms. The van der Waals surface area contributed by atoms with Gasteiger partial charge in [0.05, 0.1) is 24.4 Å². The number of nitrogens with one attached hydrogen (secondary N) is 1. The molecule has 5 rings (SSSR count). The fraction of sp³-hybridized carbons (Fsp3) is 0.179. The van der Waals surface area contributed by atoms with Crippen molar-refractivity contribution in [3.05, 3.63) is 101 Å². The summed E-state index contributed by atoms with van der Waals surface area (Å²) < 4.78 is 25.0. The molecule has 0 saturated carbocycles. The number of hydrogen-bond donors (Lipinski definition) is 1. The van der Waals surface area contributed by atoms with Gasteiger partial charge < -0.3 is 14.6 Å². The number of allylic oxidation sites excluding steroid dienone is 1. The number of methoxy groups -OCH3 is 1. The molecule has 182 valence electrons. The van der Waals surface area contributed by atoms with Crippen LogP contribution in [0.2, 0.25) is 0 Å². The summed E-state index contributed by atoms with van der Waals surface area (Å²) in [7, 11) is 1.40. The first-order chi connectivity index (χ1) is 17.4. The zero-order chi connectivity index (χ0) is 25.4. The Morgan fingerprint density at radius 2 is 1.78 bits per heavy atom. The molecule has 0 radical (unpaired) electrons. The van der Waals surface area contributed by atoms with Crippen LogP contribution in [0.5, 0.6) is 5.75 Å². The van der Waals surface area contributed by atoms with Gasteiger partial charge >= 0.3 is 6.03 Å². The van der Waals surface area contributed by atoms with Gasteiger partial charge in [0.1, 0.15) is 0 Å². The molecule has 0 fully saturated rings. The van der Waals surface area contributed by atoms with Crippen molar-refractivity contribution in [2.24, 2.45) is 0 Å². The highest BCUT2D eigenvalue weighted by atomic mass is 19.1. The van der Waals surface area contributed by atoms with E-state index < -0.39 is 11.9 Å². The molecular weight excluding hydrogens is 459 g/mol. The van der Waals surface area contributed by atoms with E-state index in [1.165, 1.54) is 19.2 Å². The van der Waals surface area contributed by atoms with E-state index >= 15 is 0 Å². The summed E-state index contributed by atoms with van der Waals surface area (Å²) in [6.45, 7) is 5.89. The second kappa shape index (κ2) is 9.30. The predicted molar refractivity (Wildman–Crippen MR) is 135 cm³/mol. The van der Waals surface area contributed by atoms with Crippen molar-refractivity contribution in [3.8, 4) is 17.1 Å². The minimum absolute atomic E-state index is 0.129. The number of anilines is 1. The fourth-order valence-electron chi connectivity index (χ4n) is 4.35. The van der Waals surface area contributed by atoms with Crippen LogP contribution in [-0.2, 0) is 0 Å². The van der Waals surface area contributed by atoms with Crippen LogP contribution >= 0.6 is 0 Å². The molecule has 4 aromatic rings. The Labute approximate surface area is 208 Å². The quantitative estimate of drug-likeness (QED) is 0.365. The van der Waals surface area contributed by atoms with E-state index in [9.17, 15) is 9.18 Å². The number of carbonyl (C=O) groups excluding carboxylic acids is 1. The lowest BCUT2D eigenvalue weighted by molar-refractivity contribution is 0.244. The van der Waals surface area contributed by atoms with E-state index in [0.29, 0.717) is 16.8 Å². The van der Waals surface area contributed by atoms with Crippen LogP contribution in [0.1, 0.15) is 35.5 Å². The summed E-state index contributed by atoms with van der Waals surface area (Å²) in [5.41, 5.74) is 5.57. The second-order valence-corrected chi connectivity index (χ2v) is 8.67. The lowest BCUT2D eigenvalue weighted by Crippen LogP contribution is -2.46. The summed E-state index contributed by atoms with van der Waals surface area (Å²) in [5, 5.41) is 7.20. The molecule has 1 aliphatic heterocycles. The molecule has 3 aromatic carbocycles. The summed E-state index contributed by atoms with van der Waals surface area (Å²) in [6.07, 6.45) is 0. The number of carbonyl (C=O) groups is 1. The number of urea groups is 1. The van der Waals surface area contributed by atoms with Gasteiger partial charge in [-0.05, 0) is 67.8 Å². The summed E-state index contributed by atoms with van der Waals surface area (Å²) in [4.78, 5) is 19.5. The molecule has 7 nitrogen and oxygen atoms in total. The van der Waals surface area contributed by atoms with Crippen molar-refractivity contribution in [1.29, 1.82) is 0 Å². The Balaban J connectivity index is 1.64. The molecule has 1 atom stereocenters. The smallest absolute Gasteiger partial charge is 0.326 e. The van der Waals surface area contributed by atoms with Crippen LogP contribution in [0.15, 0.2) is 77.0 Å². The topological polar surface area (TPSA) is 80.5 Å². The van der Waals surface area contributed by atoms with E-state index in [1.807, 2.05) is 69.3 Å². The SMILES string of the molecule is COc1ccc(-c2noc(C3=C(C)N(c4ccc(C)c(C)c4)C(=O)NC3c3ccccc3)n2)cc1F. The number of halogens is 1. The van der Waals surface area contributed by atoms with E-state index in [4.69, 9.17) is 9.26 Å². The van der Waals surface area contributed by atoms with Crippen molar-refractivity contribution in [3.63, 3.8) is 0 Å². The molecule has 1 aliphatic rings. The van der Waals surface area contributed by atoms with Gasteiger partial charge in [-0.25, -0.2) is 9.18 Å². The molecule has 1 N–H and O–H groups in total. The first kappa shape index (κ1) is 23.3. The van der Waals surface area contributed by atoms with E-state index in [-0.39, 0.29) is 23.5 Å². The van der Waals surface area contributed by atoms with Crippen LogP contribution in [0, 0.1) is 19.7 Å². The molecule has 0 bridgehead atoms. The highest BCUT2D eigenvalue weighted by Gasteiger charge is 2.36. The second-order valence-electron chi connectivity index (χ2n) is 8.67. The third kappa shape index (κ3) is 4.11. The largest absolute Gasteiger partial charge is 0.494 e. The van der Waals surface area contributed by atoms with Crippen LogP contribution < -0.4 is 15.0 Å². The van der Waals surface area contributed by atoms with Crippen molar-refractivity contribution in [2.45, 2.75) is 26.8 Å². The van der Waals surface area contributed by atoms with Gasteiger partial charge in [0.2, 0.25) is 5.82 Å². The van der Waals surface area contributed by atoms with Crippen LogP contribution in [-0.4, -0.2) is 23.3 Å². The molecule has 2 amide bonds. The van der Waals surface area contributed by atoms with E-state index in [2.05, 4.69) is 15.5 Å². The van der Waals surface area contributed by atoms with Crippen molar-refractivity contribution < 1.29 is 18.4 Å². The molecular formula is C28H25FN4O3. The Morgan fingerprint density at radius 3 is 2.47 bits per heavy atom. The minimum atomic E-state index is -0.523. The van der Waals surface area contributed by atoms with Crippen molar-refractivity contribution >= 4 is 17.3 Å². The first-order valence-electron chi connectivity index (χ1n) is 11.5. The van der Waals surface area contributed by atoms with Crippen molar-refractivity contribution in [2.75, 3.05) is 12.0 Å². The van der Waals surface area contributed by atoms with Crippen LogP contribution in [0.3, 0.4) is 0 Å². The third-order valence-electron chi connectivity index (χ3n) is 6.43. The Morgan fingerprint density at radius 1 is 1.00 bits per heavy atom. The summed E-state index contributed by atoms with van der Waals surface area (Å²) >= 11 is 0. The number of nitrogens with zero attached hydrogens (tertiary/aromatic N) is 3. The molecule has 0 aliphatic carbocycles. The van der Waals surface area contributed by atoms with E-state index in [0.717, 1.165) is 22.4 Å². The number of aromatic nitrogens is 2. The van der Waals surface area contributed by atoms with Gasteiger partial charge in [-0.3, -0.25) is 4.90 Å². The highest BCUT2D eigenvalue weighted by molar-refractivity contribution is 6.01. The van der Waals surface area contributed by atoms with Gasteiger partial charge in [0, 0.05) is 11.3 Å². The molecule has 0 spiro atoms. The number of ether oxygens (including phenoxy) is 1. The normalized spacial score (nSPS) is 15.8. The van der Waals surface area contributed by atoms with Crippen LogP contribution in [0.25, 0.3) is 17.0 Å². The average Bonchev–Trinajstić information content (AvgIpc) is 3.36. The highest BCUT2D eigenvalue weighted by Crippen LogP contribution is 2.39.